The van der Waals surface area contributed by atoms with Crippen molar-refractivity contribution in [3.63, 3.8) is 0 Å². The fourth-order valence-electron chi connectivity index (χ4n) is 2.74. The third kappa shape index (κ3) is 2.63. The first kappa shape index (κ1) is 14.5. The highest BCUT2D eigenvalue weighted by Gasteiger charge is 2.49. The molecule has 100 valence electrons. The van der Waals surface area contributed by atoms with Crippen LogP contribution in [0.4, 0.5) is 0 Å². The maximum absolute atomic E-state index is 11.9. The number of hydrogen-bond donors (Lipinski definition) is 0. The van der Waals surface area contributed by atoms with E-state index in [4.69, 9.17) is 9.47 Å². The van der Waals surface area contributed by atoms with E-state index < -0.39 is 11.8 Å². The Morgan fingerprint density at radius 3 is 2.00 bits per heavy atom. The minimum absolute atomic E-state index is 0.00505. The predicted octanol–water partition coefficient (Wildman–Crippen LogP) is 1.96. The minimum Gasteiger partial charge on any atom is -0.469 e. The van der Waals surface area contributed by atoms with E-state index in [1.54, 1.807) is 6.08 Å². The van der Waals surface area contributed by atoms with Crippen LogP contribution in [0.5, 0.6) is 0 Å². The molecule has 18 heavy (non-hydrogen) atoms. The molecule has 1 rings (SSSR count). The van der Waals surface area contributed by atoms with Crippen molar-refractivity contribution in [2.75, 3.05) is 14.2 Å². The van der Waals surface area contributed by atoms with Crippen molar-refractivity contribution in [2.45, 2.75) is 13.3 Å². The van der Waals surface area contributed by atoms with Gasteiger partial charge in [-0.15, -0.1) is 6.58 Å². The molecule has 0 aliphatic heterocycles. The molecule has 0 radical (unpaired) electrons. The molecule has 0 saturated heterocycles. The molecule has 1 aliphatic carbocycles. The average Bonchev–Trinajstić information content (AvgIpc) is 2.75. The molecule has 0 N–H and O–H groups in total. The summed E-state index contributed by atoms with van der Waals surface area (Å²) in [6.07, 6.45) is 6.27. The highest BCUT2D eigenvalue weighted by Crippen LogP contribution is 2.44. The van der Waals surface area contributed by atoms with Gasteiger partial charge in [-0.1, -0.05) is 18.2 Å². The molecule has 0 aromatic rings. The standard InChI is InChI=1S/C14H20O4/c1-5-7-10-8-9(6-2)11(13(15)17-3)12(10)14(16)18-4/h5-7,9-12H,2,8H2,1,3-4H3. The number of ether oxygens (including phenoxy) is 2. The summed E-state index contributed by atoms with van der Waals surface area (Å²) >= 11 is 0. The fourth-order valence-corrected chi connectivity index (χ4v) is 2.74. The SMILES string of the molecule is C=CC1CC(C=CC)C(C(=O)OC)C1C(=O)OC. The smallest absolute Gasteiger partial charge is 0.310 e. The van der Waals surface area contributed by atoms with Gasteiger partial charge in [0, 0.05) is 0 Å². The van der Waals surface area contributed by atoms with Gasteiger partial charge in [-0.2, -0.15) is 0 Å². The van der Waals surface area contributed by atoms with Crippen molar-refractivity contribution >= 4 is 11.9 Å². The van der Waals surface area contributed by atoms with Gasteiger partial charge >= 0.3 is 11.9 Å². The van der Waals surface area contributed by atoms with Gasteiger partial charge in [-0.3, -0.25) is 9.59 Å². The van der Waals surface area contributed by atoms with Crippen molar-refractivity contribution in [3.05, 3.63) is 24.8 Å². The van der Waals surface area contributed by atoms with Crippen LogP contribution < -0.4 is 0 Å². The van der Waals surface area contributed by atoms with Crippen LogP contribution in [0.3, 0.4) is 0 Å². The Bertz CT molecular complexity index is 359. The van der Waals surface area contributed by atoms with Crippen LogP contribution in [0.25, 0.3) is 0 Å². The molecule has 0 aromatic heterocycles. The lowest BCUT2D eigenvalue weighted by Gasteiger charge is -2.20. The summed E-state index contributed by atoms with van der Waals surface area (Å²) in [7, 11) is 2.67. The Morgan fingerprint density at radius 2 is 1.61 bits per heavy atom. The van der Waals surface area contributed by atoms with E-state index in [1.807, 2.05) is 19.1 Å². The Balaban J connectivity index is 3.10. The average molecular weight is 252 g/mol. The van der Waals surface area contributed by atoms with Gasteiger partial charge in [-0.25, -0.2) is 0 Å². The van der Waals surface area contributed by atoms with E-state index in [-0.39, 0.29) is 23.8 Å². The van der Waals surface area contributed by atoms with E-state index >= 15 is 0 Å². The summed E-state index contributed by atoms with van der Waals surface area (Å²) in [5, 5.41) is 0. The third-order valence-electron chi connectivity index (χ3n) is 3.54. The number of hydrogen-bond acceptors (Lipinski definition) is 4. The van der Waals surface area contributed by atoms with Gasteiger partial charge in [0.15, 0.2) is 0 Å². The first-order valence-electron chi connectivity index (χ1n) is 6.01. The first-order chi connectivity index (χ1) is 8.60. The Labute approximate surface area is 108 Å². The maximum Gasteiger partial charge on any atom is 0.310 e. The molecule has 4 heteroatoms. The minimum atomic E-state index is -0.499. The van der Waals surface area contributed by atoms with Crippen molar-refractivity contribution < 1.29 is 19.1 Å². The molecule has 1 aliphatic rings. The third-order valence-corrected chi connectivity index (χ3v) is 3.54. The zero-order chi connectivity index (χ0) is 13.7. The second-order valence-corrected chi connectivity index (χ2v) is 4.42. The van der Waals surface area contributed by atoms with E-state index in [0.717, 1.165) is 0 Å². The molecule has 0 heterocycles. The summed E-state index contributed by atoms with van der Waals surface area (Å²) in [5.41, 5.74) is 0. The van der Waals surface area contributed by atoms with Crippen molar-refractivity contribution in [2.24, 2.45) is 23.7 Å². The van der Waals surface area contributed by atoms with Crippen molar-refractivity contribution in [1.29, 1.82) is 0 Å². The number of rotatable bonds is 4. The van der Waals surface area contributed by atoms with Gasteiger partial charge in [0.2, 0.25) is 0 Å². The van der Waals surface area contributed by atoms with Gasteiger partial charge in [0.1, 0.15) is 0 Å². The normalized spacial score (nSPS) is 31.3. The molecule has 1 fully saturated rings. The summed E-state index contributed by atoms with van der Waals surface area (Å²) < 4.78 is 9.61. The second-order valence-electron chi connectivity index (χ2n) is 4.42. The van der Waals surface area contributed by atoms with Crippen LogP contribution in [-0.2, 0) is 19.1 Å². The van der Waals surface area contributed by atoms with Crippen LogP contribution in [-0.4, -0.2) is 26.2 Å². The van der Waals surface area contributed by atoms with E-state index in [9.17, 15) is 9.59 Å². The summed E-state index contributed by atoms with van der Waals surface area (Å²) in [4.78, 5) is 23.8. The topological polar surface area (TPSA) is 52.6 Å². The van der Waals surface area contributed by atoms with Crippen LogP contribution in [0.1, 0.15) is 13.3 Å². The highest BCUT2D eigenvalue weighted by molar-refractivity contribution is 5.83. The van der Waals surface area contributed by atoms with E-state index in [1.165, 1.54) is 14.2 Å². The number of allylic oxidation sites excluding steroid dienone is 3. The molecule has 4 nitrogen and oxygen atoms in total. The molecular formula is C14H20O4. The Morgan fingerprint density at radius 1 is 1.11 bits per heavy atom. The van der Waals surface area contributed by atoms with E-state index in [0.29, 0.717) is 6.42 Å². The van der Waals surface area contributed by atoms with Gasteiger partial charge < -0.3 is 9.47 Å². The lowest BCUT2D eigenvalue weighted by molar-refractivity contribution is -0.157. The molecule has 4 unspecified atom stereocenters. The number of methoxy groups -OCH3 is 2. The van der Waals surface area contributed by atoms with Gasteiger partial charge in [0.25, 0.3) is 0 Å². The van der Waals surface area contributed by atoms with Crippen LogP contribution in [0.15, 0.2) is 24.8 Å². The molecule has 4 atom stereocenters. The lowest BCUT2D eigenvalue weighted by atomic mass is 9.86. The van der Waals surface area contributed by atoms with E-state index in [2.05, 4.69) is 6.58 Å². The van der Waals surface area contributed by atoms with Crippen molar-refractivity contribution in [1.82, 2.24) is 0 Å². The number of carbonyl (C=O) groups is 2. The summed E-state index contributed by atoms with van der Waals surface area (Å²) in [6, 6.07) is 0. The van der Waals surface area contributed by atoms with Gasteiger partial charge in [0.05, 0.1) is 26.1 Å². The Kier molecular flexibility index (Phi) is 5.13. The quantitative estimate of drug-likeness (QED) is 0.567. The molecule has 0 aromatic carbocycles. The number of carbonyl (C=O) groups excluding carboxylic acids is 2. The summed E-state index contributed by atoms with van der Waals surface area (Å²) in [6.45, 7) is 5.63. The Hall–Kier alpha value is -1.58. The monoisotopic (exact) mass is 252 g/mol. The fraction of sp³-hybridized carbons (Fsp3) is 0.571. The zero-order valence-electron chi connectivity index (χ0n) is 11.1. The maximum atomic E-state index is 11.9. The van der Waals surface area contributed by atoms with Crippen LogP contribution in [0.2, 0.25) is 0 Å². The molecule has 1 saturated carbocycles. The lowest BCUT2D eigenvalue weighted by Crippen LogP contribution is -2.32. The van der Waals surface area contributed by atoms with Crippen LogP contribution >= 0.6 is 0 Å². The summed E-state index contributed by atoms with van der Waals surface area (Å²) in [5.74, 6) is -1.78. The van der Waals surface area contributed by atoms with Crippen LogP contribution in [0, 0.1) is 23.7 Å². The largest absolute Gasteiger partial charge is 0.469 e. The van der Waals surface area contributed by atoms with Crippen molar-refractivity contribution in [3.8, 4) is 0 Å². The zero-order valence-corrected chi connectivity index (χ0v) is 11.1. The molecule has 0 spiro atoms. The van der Waals surface area contributed by atoms with Gasteiger partial charge in [-0.05, 0) is 25.2 Å². The predicted molar refractivity (Wildman–Crippen MR) is 67.6 cm³/mol. The molecule has 0 bridgehead atoms. The highest BCUT2D eigenvalue weighted by atomic mass is 16.5. The molecular weight excluding hydrogens is 232 g/mol. The second kappa shape index (κ2) is 6.38. The molecule has 0 amide bonds. The first-order valence-corrected chi connectivity index (χ1v) is 6.01. The number of esters is 2.